The van der Waals surface area contributed by atoms with Gasteiger partial charge < -0.3 is 15.6 Å². The van der Waals surface area contributed by atoms with E-state index < -0.39 is 0 Å². The molecule has 0 aromatic carbocycles. The molecular formula is C28H25N9OS. The van der Waals surface area contributed by atoms with Crippen LogP contribution in [0.5, 0.6) is 0 Å². The zero-order valence-electron chi connectivity index (χ0n) is 20.9. The Morgan fingerprint density at radius 2 is 1.90 bits per heavy atom. The minimum Gasteiger partial charge on any atom is -0.336 e. The molecule has 1 saturated heterocycles. The molecule has 10 nitrogen and oxygen atoms in total. The summed E-state index contributed by atoms with van der Waals surface area (Å²) in [6.07, 6.45) is 7.77. The minimum absolute atomic E-state index is 0.0163. The lowest BCUT2D eigenvalue weighted by Gasteiger charge is -2.21. The third-order valence-corrected chi connectivity index (χ3v) is 7.76. The lowest BCUT2D eigenvalue weighted by atomic mass is 9.94. The van der Waals surface area contributed by atoms with Crippen molar-refractivity contribution in [1.29, 1.82) is 0 Å². The first-order chi connectivity index (χ1) is 19.2. The standard InChI is InChI=1S/C28H25N9OS/c38-23(11-16-3-7-29-8-4-16)32-19-12-18(13-30-14-19)20-1-2-22-26(33-20)27(37-36-22)28-34-21-5-9-31-24(25(21)35-28)17-6-10-39-15-17/h1-2,5-6,9-10,12-16,29H,3-4,7-8,11H2,(H,32,38)(H,34,35)(H,36,37). The predicted octanol–water partition coefficient (Wildman–Crippen LogP) is 5.01. The van der Waals surface area contributed by atoms with Gasteiger partial charge in [-0.25, -0.2) is 9.97 Å². The topological polar surface area (TPSA) is 137 Å². The van der Waals surface area contributed by atoms with Crippen LogP contribution >= 0.6 is 11.3 Å². The van der Waals surface area contributed by atoms with E-state index in [-0.39, 0.29) is 5.91 Å². The van der Waals surface area contributed by atoms with Gasteiger partial charge in [0.15, 0.2) is 11.5 Å². The van der Waals surface area contributed by atoms with Crippen LogP contribution < -0.4 is 10.6 Å². The molecule has 1 aliphatic rings. The van der Waals surface area contributed by atoms with Crippen LogP contribution in [0.3, 0.4) is 0 Å². The van der Waals surface area contributed by atoms with Gasteiger partial charge in [0.2, 0.25) is 5.91 Å². The first-order valence-corrected chi connectivity index (χ1v) is 13.8. The maximum absolute atomic E-state index is 12.6. The average molecular weight is 536 g/mol. The minimum atomic E-state index is 0.0163. The van der Waals surface area contributed by atoms with E-state index in [0.717, 1.165) is 65.0 Å². The quantitative estimate of drug-likeness (QED) is 0.235. The highest BCUT2D eigenvalue weighted by Crippen LogP contribution is 2.31. The van der Waals surface area contributed by atoms with Gasteiger partial charge in [-0.05, 0) is 67.6 Å². The van der Waals surface area contributed by atoms with Gasteiger partial charge in [-0.2, -0.15) is 16.4 Å². The number of fused-ring (bicyclic) bond motifs is 2. The number of carbonyl (C=O) groups is 1. The lowest BCUT2D eigenvalue weighted by Crippen LogP contribution is -2.30. The Labute approximate surface area is 227 Å². The monoisotopic (exact) mass is 535 g/mol. The van der Waals surface area contributed by atoms with Crippen LogP contribution in [0.2, 0.25) is 0 Å². The zero-order valence-corrected chi connectivity index (χ0v) is 21.8. The van der Waals surface area contributed by atoms with Crippen LogP contribution in [0.25, 0.3) is 56.1 Å². The molecule has 0 unspecified atom stereocenters. The van der Waals surface area contributed by atoms with Crippen molar-refractivity contribution in [3.63, 3.8) is 0 Å². The molecule has 0 aliphatic carbocycles. The third kappa shape index (κ3) is 4.66. The summed E-state index contributed by atoms with van der Waals surface area (Å²) in [5, 5.41) is 18.0. The van der Waals surface area contributed by atoms with Crippen molar-refractivity contribution in [2.45, 2.75) is 19.3 Å². The maximum atomic E-state index is 12.6. The number of nitrogens with one attached hydrogen (secondary N) is 4. The second-order valence-electron chi connectivity index (χ2n) is 9.73. The molecule has 39 heavy (non-hydrogen) atoms. The fourth-order valence-electron chi connectivity index (χ4n) is 5.09. The molecule has 7 heterocycles. The van der Waals surface area contributed by atoms with Gasteiger partial charge in [-0.3, -0.25) is 19.9 Å². The highest BCUT2D eigenvalue weighted by Gasteiger charge is 2.19. The van der Waals surface area contributed by atoms with E-state index in [9.17, 15) is 4.79 Å². The summed E-state index contributed by atoms with van der Waals surface area (Å²) < 4.78 is 0. The van der Waals surface area contributed by atoms with Gasteiger partial charge in [0, 0.05) is 35.3 Å². The number of piperidine rings is 1. The number of anilines is 1. The van der Waals surface area contributed by atoms with Crippen LogP contribution in [0, 0.1) is 5.92 Å². The van der Waals surface area contributed by atoms with Gasteiger partial charge in [0.25, 0.3) is 0 Å². The molecule has 0 radical (unpaired) electrons. The van der Waals surface area contributed by atoms with Gasteiger partial charge in [-0.1, -0.05) is 0 Å². The molecule has 0 bridgehead atoms. The highest BCUT2D eigenvalue weighted by atomic mass is 32.1. The Balaban J connectivity index is 1.19. The van der Waals surface area contributed by atoms with E-state index >= 15 is 0 Å². The number of hydrogen-bond acceptors (Lipinski definition) is 8. The second-order valence-corrected chi connectivity index (χ2v) is 10.5. The largest absolute Gasteiger partial charge is 0.336 e. The second kappa shape index (κ2) is 10.0. The Bertz CT molecular complexity index is 1780. The van der Waals surface area contributed by atoms with E-state index in [1.54, 1.807) is 29.9 Å². The van der Waals surface area contributed by atoms with Crippen molar-refractivity contribution >= 4 is 45.0 Å². The third-order valence-electron chi connectivity index (χ3n) is 7.08. The maximum Gasteiger partial charge on any atom is 0.224 e. The van der Waals surface area contributed by atoms with Crippen LogP contribution in [0.15, 0.2) is 59.7 Å². The molecule has 1 amide bonds. The first kappa shape index (κ1) is 23.6. The Morgan fingerprint density at radius 1 is 1.00 bits per heavy atom. The molecular weight excluding hydrogens is 510 g/mol. The Kier molecular flexibility index (Phi) is 6.06. The van der Waals surface area contributed by atoms with E-state index in [1.807, 2.05) is 35.7 Å². The normalized spacial score (nSPS) is 14.3. The molecule has 1 aliphatic heterocycles. The molecule has 0 saturated carbocycles. The number of rotatable bonds is 6. The molecule has 0 atom stereocenters. The van der Waals surface area contributed by atoms with Crippen molar-refractivity contribution < 1.29 is 4.79 Å². The van der Waals surface area contributed by atoms with Crippen molar-refractivity contribution in [2.75, 3.05) is 18.4 Å². The van der Waals surface area contributed by atoms with Gasteiger partial charge in [-0.15, -0.1) is 0 Å². The van der Waals surface area contributed by atoms with Gasteiger partial charge in [0.1, 0.15) is 11.0 Å². The molecule has 7 rings (SSSR count). The van der Waals surface area contributed by atoms with Crippen LogP contribution in [0.1, 0.15) is 19.3 Å². The molecule has 0 spiro atoms. The van der Waals surface area contributed by atoms with Gasteiger partial charge in [0.05, 0.1) is 34.3 Å². The summed E-state index contributed by atoms with van der Waals surface area (Å²) in [7, 11) is 0. The van der Waals surface area contributed by atoms with Crippen LogP contribution in [-0.2, 0) is 4.79 Å². The highest BCUT2D eigenvalue weighted by molar-refractivity contribution is 7.08. The van der Waals surface area contributed by atoms with Crippen molar-refractivity contribution in [2.24, 2.45) is 5.92 Å². The summed E-state index contributed by atoms with van der Waals surface area (Å²) in [6, 6.07) is 9.71. The summed E-state index contributed by atoms with van der Waals surface area (Å²) in [5.41, 5.74) is 7.83. The summed E-state index contributed by atoms with van der Waals surface area (Å²) >= 11 is 1.62. The lowest BCUT2D eigenvalue weighted by molar-refractivity contribution is -0.117. The zero-order chi connectivity index (χ0) is 26.2. The number of thiophene rings is 1. The molecule has 4 N–H and O–H groups in total. The molecule has 11 heteroatoms. The summed E-state index contributed by atoms with van der Waals surface area (Å²) in [5.74, 6) is 1.05. The number of amides is 1. The van der Waals surface area contributed by atoms with E-state index in [4.69, 9.17) is 9.97 Å². The van der Waals surface area contributed by atoms with E-state index in [0.29, 0.717) is 35.1 Å². The SMILES string of the molecule is O=C(CC1CCNCC1)Nc1cncc(-c2ccc3[nH]nc(-c4nc5c(-c6ccsc6)nccc5[nH]4)c3n2)c1. The summed E-state index contributed by atoms with van der Waals surface area (Å²) in [6.45, 7) is 1.94. The number of carbonyl (C=O) groups excluding carboxylic acids is 1. The van der Waals surface area contributed by atoms with Gasteiger partial charge >= 0.3 is 0 Å². The summed E-state index contributed by atoms with van der Waals surface area (Å²) in [4.78, 5) is 34.7. The number of H-pyrrole nitrogens is 2. The molecule has 1 fully saturated rings. The smallest absolute Gasteiger partial charge is 0.224 e. The van der Waals surface area contributed by atoms with Crippen molar-refractivity contribution in [3.05, 3.63) is 59.7 Å². The van der Waals surface area contributed by atoms with Crippen LogP contribution in [-0.4, -0.2) is 54.1 Å². The fourth-order valence-corrected chi connectivity index (χ4v) is 5.73. The fraction of sp³-hybridized carbons (Fsp3) is 0.214. The predicted molar refractivity (Wildman–Crippen MR) is 152 cm³/mol. The first-order valence-electron chi connectivity index (χ1n) is 12.9. The Hall–Kier alpha value is -4.48. The average Bonchev–Trinajstić information content (AvgIpc) is 3.73. The number of aromatic amines is 2. The van der Waals surface area contributed by atoms with Crippen molar-refractivity contribution in [1.82, 2.24) is 40.4 Å². The molecule has 6 aromatic heterocycles. The van der Waals surface area contributed by atoms with E-state index in [2.05, 4.69) is 41.2 Å². The Morgan fingerprint density at radius 3 is 2.77 bits per heavy atom. The molecule has 6 aromatic rings. The number of pyridine rings is 3. The number of hydrogen-bond donors (Lipinski definition) is 4. The van der Waals surface area contributed by atoms with Crippen LogP contribution in [0.4, 0.5) is 5.69 Å². The van der Waals surface area contributed by atoms with Crippen molar-refractivity contribution in [3.8, 4) is 34.0 Å². The number of imidazole rings is 1. The van der Waals surface area contributed by atoms with E-state index in [1.165, 1.54) is 0 Å². The number of nitrogens with zero attached hydrogens (tertiary/aromatic N) is 5. The number of aromatic nitrogens is 7. The molecule has 194 valence electrons.